The van der Waals surface area contributed by atoms with Gasteiger partial charge in [0.25, 0.3) is 0 Å². The summed E-state index contributed by atoms with van der Waals surface area (Å²) in [6.45, 7) is 6.29. The number of rotatable bonds is 6. The number of hydrogen-bond donors (Lipinski definition) is 1. The number of nitrogens with zero attached hydrogens (tertiary/aromatic N) is 1. The molecule has 2 aromatic carbocycles. The van der Waals surface area contributed by atoms with Crippen LogP contribution in [0, 0.1) is 5.41 Å². The quantitative estimate of drug-likeness (QED) is 0.780. The van der Waals surface area contributed by atoms with Crippen LogP contribution < -0.4 is 14.4 Å². The zero-order valence-corrected chi connectivity index (χ0v) is 18.2. The molecule has 0 saturated carbocycles. The minimum absolute atomic E-state index is 0.0267. The minimum atomic E-state index is -3.52. The Kier molecular flexibility index (Phi) is 5.89. The summed E-state index contributed by atoms with van der Waals surface area (Å²) in [6, 6.07) is 12.8. The van der Waals surface area contributed by atoms with Crippen LogP contribution in [0.15, 0.2) is 42.5 Å². The number of nitrogens with one attached hydrogen (secondary N) is 1. The molecule has 29 heavy (non-hydrogen) atoms. The van der Waals surface area contributed by atoms with Crippen molar-refractivity contribution in [3.05, 3.63) is 53.6 Å². The van der Waals surface area contributed by atoms with E-state index in [4.69, 9.17) is 4.74 Å². The lowest BCUT2D eigenvalue weighted by Gasteiger charge is -2.26. The fourth-order valence-electron chi connectivity index (χ4n) is 3.33. The first-order valence-electron chi connectivity index (χ1n) is 9.67. The predicted molar refractivity (Wildman–Crippen MR) is 116 cm³/mol. The van der Waals surface area contributed by atoms with Crippen LogP contribution in [0.5, 0.6) is 5.75 Å². The molecule has 1 N–H and O–H groups in total. The van der Waals surface area contributed by atoms with Crippen molar-refractivity contribution in [2.24, 2.45) is 5.41 Å². The summed E-state index contributed by atoms with van der Waals surface area (Å²) in [5.41, 5.74) is 2.76. The van der Waals surface area contributed by atoms with Gasteiger partial charge in [-0.25, -0.2) is 8.42 Å². The highest BCUT2D eigenvalue weighted by Gasteiger charge is 2.32. The highest BCUT2D eigenvalue weighted by Crippen LogP contribution is 2.34. The molecule has 0 atom stereocenters. The zero-order valence-electron chi connectivity index (χ0n) is 17.4. The molecule has 3 rings (SSSR count). The topological polar surface area (TPSA) is 75.7 Å². The summed E-state index contributed by atoms with van der Waals surface area (Å²) in [5.74, 6) is 0.749. The summed E-state index contributed by atoms with van der Waals surface area (Å²) >= 11 is 0. The molecule has 156 valence electrons. The van der Waals surface area contributed by atoms with Gasteiger partial charge in [0.15, 0.2) is 0 Å². The van der Waals surface area contributed by atoms with Gasteiger partial charge < -0.3 is 9.64 Å². The largest absolute Gasteiger partial charge is 0.497 e. The molecule has 0 fully saturated rings. The zero-order chi connectivity index (χ0) is 21.2. The Labute approximate surface area is 172 Å². The lowest BCUT2D eigenvalue weighted by atomic mass is 9.94. The Morgan fingerprint density at radius 3 is 2.45 bits per heavy atom. The molecule has 0 bridgehead atoms. The lowest BCUT2D eigenvalue weighted by Crippen LogP contribution is -2.38. The van der Waals surface area contributed by atoms with Gasteiger partial charge in [-0.3, -0.25) is 9.52 Å². The number of carbonyl (C=O) groups excluding carboxylic acids is 1. The van der Waals surface area contributed by atoms with Crippen LogP contribution in [0.2, 0.25) is 0 Å². The van der Waals surface area contributed by atoms with E-state index >= 15 is 0 Å². The lowest BCUT2D eigenvalue weighted by molar-refractivity contribution is -0.125. The van der Waals surface area contributed by atoms with E-state index in [0.717, 1.165) is 29.0 Å². The second-order valence-electron chi connectivity index (χ2n) is 8.32. The van der Waals surface area contributed by atoms with Crippen LogP contribution in [0.25, 0.3) is 0 Å². The number of fused-ring (bicyclic) bond motifs is 1. The number of benzene rings is 2. The molecular weight excluding hydrogens is 388 g/mol. The predicted octanol–water partition coefficient (Wildman–Crippen LogP) is 3.61. The van der Waals surface area contributed by atoms with E-state index in [0.29, 0.717) is 18.7 Å². The highest BCUT2D eigenvalue weighted by molar-refractivity contribution is 7.92. The number of anilines is 2. The molecule has 1 aliphatic heterocycles. The van der Waals surface area contributed by atoms with Gasteiger partial charge in [-0.15, -0.1) is 0 Å². The van der Waals surface area contributed by atoms with Gasteiger partial charge in [-0.2, -0.15) is 0 Å². The van der Waals surface area contributed by atoms with E-state index in [-0.39, 0.29) is 11.7 Å². The normalized spacial score (nSPS) is 13.9. The summed E-state index contributed by atoms with van der Waals surface area (Å²) < 4.78 is 32.9. The van der Waals surface area contributed by atoms with Gasteiger partial charge >= 0.3 is 0 Å². The maximum atomic E-state index is 12.7. The summed E-state index contributed by atoms with van der Waals surface area (Å²) in [7, 11) is -1.92. The van der Waals surface area contributed by atoms with Gasteiger partial charge in [0.05, 0.1) is 18.6 Å². The molecule has 0 aromatic heterocycles. The third kappa shape index (κ3) is 5.09. The van der Waals surface area contributed by atoms with E-state index in [1.54, 1.807) is 24.1 Å². The van der Waals surface area contributed by atoms with E-state index in [1.165, 1.54) is 0 Å². The Morgan fingerprint density at radius 2 is 1.83 bits per heavy atom. The van der Waals surface area contributed by atoms with E-state index in [9.17, 15) is 13.2 Å². The first kappa shape index (κ1) is 21.2. The molecule has 0 radical (unpaired) electrons. The molecule has 2 aromatic rings. The molecule has 1 aliphatic rings. The average molecular weight is 417 g/mol. The minimum Gasteiger partial charge on any atom is -0.497 e. The standard InChI is InChI=1S/C22H28N2O4S/c1-22(2,3)21(25)24-13-11-17-7-8-18(15-20(17)24)23-29(26,27)14-12-16-5-9-19(28-4)10-6-16/h5-10,15,23H,11-14H2,1-4H3. The van der Waals surface area contributed by atoms with Gasteiger partial charge in [-0.05, 0) is 48.2 Å². The van der Waals surface area contributed by atoms with Crippen molar-refractivity contribution in [2.45, 2.75) is 33.6 Å². The Balaban J connectivity index is 1.70. The number of aryl methyl sites for hydroxylation is 1. The van der Waals surface area contributed by atoms with Crippen LogP contribution in [-0.4, -0.2) is 33.7 Å². The van der Waals surface area contributed by atoms with E-state index in [1.807, 2.05) is 51.1 Å². The summed E-state index contributed by atoms with van der Waals surface area (Å²) in [5, 5.41) is 0. The molecule has 0 unspecified atom stereocenters. The Hall–Kier alpha value is -2.54. The number of amides is 1. The monoisotopic (exact) mass is 416 g/mol. The van der Waals surface area contributed by atoms with Gasteiger partial charge in [0, 0.05) is 17.6 Å². The fraction of sp³-hybridized carbons (Fsp3) is 0.409. The van der Waals surface area contributed by atoms with Crippen molar-refractivity contribution < 1.29 is 17.9 Å². The SMILES string of the molecule is COc1ccc(CCS(=O)(=O)Nc2ccc3c(c2)N(C(=O)C(C)(C)C)CC3)cc1. The molecule has 0 saturated heterocycles. The maximum Gasteiger partial charge on any atom is 0.233 e. The van der Waals surface area contributed by atoms with Crippen LogP contribution >= 0.6 is 0 Å². The number of methoxy groups -OCH3 is 1. The first-order chi connectivity index (χ1) is 13.6. The van der Waals surface area contributed by atoms with Crippen LogP contribution in [-0.2, 0) is 27.7 Å². The van der Waals surface area contributed by atoms with Crippen LogP contribution in [0.3, 0.4) is 0 Å². The third-order valence-electron chi connectivity index (χ3n) is 4.96. The fourth-order valence-corrected chi connectivity index (χ4v) is 4.43. The average Bonchev–Trinajstić information content (AvgIpc) is 3.08. The molecule has 0 spiro atoms. The van der Waals surface area contributed by atoms with Crippen molar-refractivity contribution in [1.82, 2.24) is 0 Å². The number of sulfonamides is 1. The summed E-state index contributed by atoms with van der Waals surface area (Å²) in [4.78, 5) is 14.5. The number of ether oxygens (including phenoxy) is 1. The smallest absolute Gasteiger partial charge is 0.233 e. The van der Waals surface area contributed by atoms with Gasteiger partial charge in [0.1, 0.15) is 5.75 Å². The van der Waals surface area contributed by atoms with Crippen molar-refractivity contribution >= 4 is 27.3 Å². The maximum absolute atomic E-state index is 12.7. The summed E-state index contributed by atoms with van der Waals surface area (Å²) in [6.07, 6.45) is 1.18. The molecule has 6 nitrogen and oxygen atoms in total. The molecular formula is C22H28N2O4S. The van der Waals surface area contributed by atoms with Crippen molar-refractivity contribution in [3.63, 3.8) is 0 Å². The molecule has 0 aliphatic carbocycles. The van der Waals surface area contributed by atoms with Crippen LogP contribution in [0.1, 0.15) is 31.9 Å². The second kappa shape index (κ2) is 8.06. The molecule has 7 heteroatoms. The Morgan fingerprint density at radius 1 is 1.14 bits per heavy atom. The molecule has 1 heterocycles. The number of hydrogen-bond acceptors (Lipinski definition) is 4. The van der Waals surface area contributed by atoms with Crippen molar-refractivity contribution in [2.75, 3.05) is 29.0 Å². The number of carbonyl (C=O) groups is 1. The molecule has 1 amide bonds. The van der Waals surface area contributed by atoms with E-state index in [2.05, 4.69) is 4.72 Å². The van der Waals surface area contributed by atoms with Gasteiger partial charge in [0.2, 0.25) is 15.9 Å². The van der Waals surface area contributed by atoms with Crippen molar-refractivity contribution in [3.8, 4) is 5.75 Å². The first-order valence-corrected chi connectivity index (χ1v) is 11.3. The van der Waals surface area contributed by atoms with E-state index < -0.39 is 15.4 Å². The highest BCUT2D eigenvalue weighted by atomic mass is 32.2. The third-order valence-corrected chi connectivity index (χ3v) is 6.25. The van der Waals surface area contributed by atoms with Crippen LogP contribution in [0.4, 0.5) is 11.4 Å². The van der Waals surface area contributed by atoms with Gasteiger partial charge in [-0.1, -0.05) is 39.0 Å². The van der Waals surface area contributed by atoms with Crippen molar-refractivity contribution in [1.29, 1.82) is 0 Å². The second-order valence-corrected chi connectivity index (χ2v) is 10.2. The Bertz CT molecular complexity index is 992.